The van der Waals surface area contributed by atoms with Crippen LogP contribution in [-0.2, 0) is 0 Å². The minimum absolute atomic E-state index is 0.213. The number of benzene rings is 1. The van der Waals surface area contributed by atoms with Crippen molar-refractivity contribution in [3.8, 4) is 0 Å². The molecule has 112 valence electrons. The summed E-state index contributed by atoms with van der Waals surface area (Å²) in [5, 5.41) is 0. The van der Waals surface area contributed by atoms with E-state index < -0.39 is 0 Å². The van der Waals surface area contributed by atoms with E-state index in [1.165, 1.54) is 30.5 Å². The zero-order chi connectivity index (χ0) is 14.7. The number of rotatable bonds is 4. The zero-order valence-electron chi connectivity index (χ0n) is 13.5. The molecule has 1 aromatic carbocycles. The Morgan fingerprint density at radius 1 is 1.30 bits per heavy atom. The highest BCUT2D eigenvalue weighted by Gasteiger charge is 2.32. The van der Waals surface area contributed by atoms with Crippen molar-refractivity contribution in [3.05, 3.63) is 35.4 Å². The first-order valence-electron chi connectivity index (χ1n) is 8.10. The number of nitrogens with two attached hydrogens (primary N) is 1. The summed E-state index contributed by atoms with van der Waals surface area (Å²) in [5.74, 6) is 0.780. The number of likely N-dealkylation sites (tertiary alicyclic amines) is 1. The van der Waals surface area contributed by atoms with Crippen LogP contribution in [0.2, 0.25) is 0 Å². The maximum absolute atomic E-state index is 6.50. The van der Waals surface area contributed by atoms with Crippen molar-refractivity contribution in [1.82, 2.24) is 4.90 Å². The summed E-state index contributed by atoms with van der Waals surface area (Å²) in [6.07, 6.45) is 3.66. The van der Waals surface area contributed by atoms with Gasteiger partial charge < -0.3 is 5.73 Å². The van der Waals surface area contributed by atoms with Crippen molar-refractivity contribution < 1.29 is 0 Å². The van der Waals surface area contributed by atoms with Gasteiger partial charge in [-0.05, 0) is 44.6 Å². The number of nitrogens with zero attached hydrogens (tertiary/aromatic N) is 1. The molecule has 1 aliphatic rings. The number of aryl methyl sites for hydroxylation is 1. The van der Waals surface area contributed by atoms with E-state index in [-0.39, 0.29) is 6.04 Å². The lowest BCUT2D eigenvalue weighted by Gasteiger charge is -2.44. The normalized spacial score (nSPS) is 27.2. The van der Waals surface area contributed by atoms with Crippen molar-refractivity contribution in [1.29, 1.82) is 0 Å². The van der Waals surface area contributed by atoms with Gasteiger partial charge in [-0.15, -0.1) is 0 Å². The topological polar surface area (TPSA) is 29.3 Å². The SMILES string of the molecule is CCC(N)C(c1cccc(C)c1)N1CC(C)CCC1C. The molecule has 0 saturated carbocycles. The highest BCUT2D eigenvalue weighted by molar-refractivity contribution is 5.26. The highest BCUT2D eigenvalue weighted by Crippen LogP contribution is 2.33. The molecule has 1 fully saturated rings. The van der Waals surface area contributed by atoms with Crippen LogP contribution < -0.4 is 5.73 Å². The minimum Gasteiger partial charge on any atom is -0.326 e. The summed E-state index contributed by atoms with van der Waals surface area (Å²) in [6, 6.07) is 10.1. The minimum atomic E-state index is 0.213. The van der Waals surface area contributed by atoms with Crippen LogP contribution in [0.5, 0.6) is 0 Å². The molecule has 0 aromatic heterocycles. The molecule has 0 bridgehead atoms. The molecule has 20 heavy (non-hydrogen) atoms. The van der Waals surface area contributed by atoms with Gasteiger partial charge in [0.25, 0.3) is 0 Å². The van der Waals surface area contributed by atoms with Crippen molar-refractivity contribution >= 4 is 0 Å². The van der Waals surface area contributed by atoms with Gasteiger partial charge in [0.2, 0.25) is 0 Å². The number of hydrogen-bond donors (Lipinski definition) is 1. The van der Waals surface area contributed by atoms with Gasteiger partial charge in [0.1, 0.15) is 0 Å². The van der Waals surface area contributed by atoms with Crippen molar-refractivity contribution in [2.45, 2.75) is 65.1 Å². The average molecular weight is 274 g/mol. The van der Waals surface area contributed by atoms with Gasteiger partial charge in [-0.2, -0.15) is 0 Å². The molecule has 4 atom stereocenters. The Labute approximate surface area is 124 Å². The van der Waals surface area contributed by atoms with E-state index in [1.54, 1.807) is 0 Å². The summed E-state index contributed by atoms with van der Waals surface area (Å²) in [7, 11) is 0. The quantitative estimate of drug-likeness (QED) is 0.902. The second kappa shape index (κ2) is 6.73. The Morgan fingerprint density at radius 2 is 2.05 bits per heavy atom. The lowest BCUT2D eigenvalue weighted by molar-refractivity contribution is 0.0625. The molecule has 1 heterocycles. The van der Waals surface area contributed by atoms with Crippen LogP contribution in [0.15, 0.2) is 24.3 Å². The van der Waals surface area contributed by atoms with E-state index in [1.807, 2.05) is 0 Å². The predicted octanol–water partition coefficient (Wildman–Crippen LogP) is 3.89. The maximum Gasteiger partial charge on any atom is 0.0502 e. The molecule has 2 heteroatoms. The summed E-state index contributed by atoms with van der Waals surface area (Å²) in [5.41, 5.74) is 9.21. The van der Waals surface area contributed by atoms with Crippen molar-refractivity contribution in [3.63, 3.8) is 0 Å². The third kappa shape index (κ3) is 3.42. The molecule has 4 unspecified atom stereocenters. The monoisotopic (exact) mass is 274 g/mol. The van der Waals surface area contributed by atoms with Crippen LogP contribution in [0.1, 0.15) is 57.2 Å². The van der Waals surface area contributed by atoms with Gasteiger partial charge >= 0.3 is 0 Å². The van der Waals surface area contributed by atoms with Crippen LogP contribution in [0.25, 0.3) is 0 Å². The summed E-state index contributed by atoms with van der Waals surface area (Å²) >= 11 is 0. The second-order valence-electron chi connectivity index (χ2n) is 6.66. The molecule has 2 rings (SSSR count). The second-order valence-corrected chi connectivity index (χ2v) is 6.66. The predicted molar refractivity (Wildman–Crippen MR) is 86.8 cm³/mol. The van der Waals surface area contributed by atoms with Gasteiger partial charge in [0.15, 0.2) is 0 Å². The first kappa shape index (κ1) is 15.5. The Hall–Kier alpha value is -0.860. The molecule has 0 amide bonds. The number of piperidine rings is 1. The van der Waals surface area contributed by atoms with E-state index in [9.17, 15) is 0 Å². The van der Waals surface area contributed by atoms with Gasteiger partial charge in [-0.1, -0.05) is 43.7 Å². The third-order valence-corrected chi connectivity index (χ3v) is 4.78. The van der Waals surface area contributed by atoms with Gasteiger partial charge in [0, 0.05) is 18.6 Å². The Kier molecular flexibility index (Phi) is 5.22. The molecule has 1 aromatic rings. The third-order valence-electron chi connectivity index (χ3n) is 4.78. The fraction of sp³-hybridized carbons (Fsp3) is 0.667. The van der Waals surface area contributed by atoms with Gasteiger partial charge in [0.05, 0.1) is 6.04 Å². The van der Waals surface area contributed by atoms with E-state index >= 15 is 0 Å². The van der Waals surface area contributed by atoms with Crippen molar-refractivity contribution in [2.24, 2.45) is 11.7 Å². The van der Waals surface area contributed by atoms with Crippen LogP contribution in [0.4, 0.5) is 0 Å². The first-order valence-corrected chi connectivity index (χ1v) is 8.10. The van der Waals surface area contributed by atoms with Crippen LogP contribution >= 0.6 is 0 Å². The summed E-state index contributed by atoms with van der Waals surface area (Å²) in [6.45, 7) is 10.3. The molecule has 0 aliphatic carbocycles. The van der Waals surface area contributed by atoms with E-state index in [2.05, 4.69) is 56.9 Å². The van der Waals surface area contributed by atoms with Crippen LogP contribution in [0.3, 0.4) is 0 Å². The Morgan fingerprint density at radius 3 is 2.70 bits per heavy atom. The standard InChI is InChI=1S/C18H30N2/c1-5-17(19)18(16-8-6-7-13(2)11-16)20-12-14(3)9-10-15(20)4/h6-8,11,14-15,17-18H,5,9-10,12,19H2,1-4H3. The van der Waals surface area contributed by atoms with Gasteiger partial charge in [-0.25, -0.2) is 0 Å². The lowest BCUT2D eigenvalue weighted by atomic mass is 9.88. The first-order chi connectivity index (χ1) is 9.52. The Bertz CT molecular complexity index is 429. The molecule has 2 N–H and O–H groups in total. The molecule has 0 spiro atoms. The van der Waals surface area contributed by atoms with E-state index in [4.69, 9.17) is 5.73 Å². The van der Waals surface area contributed by atoms with E-state index in [0.717, 1.165) is 12.3 Å². The highest BCUT2D eigenvalue weighted by atomic mass is 15.2. The molecule has 0 radical (unpaired) electrons. The summed E-state index contributed by atoms with van der Waals surface area (Å²) in [4.78, 5) is 2.65. The average Bonchev–Trinajstić information content (AvgIpc) is 2.43. The van der Waals surface area contributed by atoms with E-state index in [0.29, 0.717) is 12.1 Å². The molecule has 2 nitrogen and oxygen atoms in total. The fourth-order valence-electron chi connectivity index (χ4n) is 3.47. The molecular weight excluding hydrogens is 244 g/mol. The van der Waals surface area contributed by atoms with Gasteiger partial charge in [-0.3, -0.25) is 4.90 Å². The van der Waals surface area contributed by atoms with Crippen molar-refractivity contribution in [2.75, 3.05) is 6.54 Å². The molecular formula is C18H30N2. The number of hydrogen-bond acceptors (Lipinski definition) is 2. The smallest absolute Gasteiger partial charge is 0.0502 e. The van der Waals surface area contributed by atoms with Crippen LogP contribution in [0, 0.1) is 12.8 Å². The lowest BCUT2D eigenvalue weighted by Crippen LogP contribution is -2.49. The largest absolute Gasteiger partial charge is 0.326 e. The molecule has 1 aliphatic heterocycles. The fourth-order valence-corrected chi connectivity index (χ4v) is 3.47. The van der Waals surface area contributed by atoms with Crippen LogP contribution in [-0.4, -0.2) is 23.5 Å². The summed E-state index contributed by atoms with van der Waals surface area (Å²) < 4.78 is 0. The Balaban J connectivity index is 2.31. The maximum atomic E-state index is 6.50. The molecule has 1 saturated heterocycles. The zero-order valence-corrected chi connectivity index (χ0v) is 13.5.